The Labute approximate surface area is 175 Å². The molecule has 8 heteroatoms. The van der Waals surface area contributed by atoms with E-state index >= 15 is 0 Å². The monoisotopic (exact) mass is 434 g/mol. The van der Waals surface area contributed by atoms with Crippen LogP contribution in [0, 0.1) is 0 Å². The van der Waals surface area contributed by atoms with E-state index in [4.69, 9.17) is 11.6 Å². The lowest BCUT2D eigenvalue weighted by atomic mass is 10.1. The van der Waals surface area contributed by atoms with Crippen LogP contribution in [0.4, 0.5) is 0 Å². The summed E-state index contributed by atoms with van der Waals surface area (Å²) in [7, 11) is -3.13. The molecule has 1 unspecified atom stereocenters. The molecule has 0 spiro atoms. The fourth-order valence-electron chi connectivity index (χ4n) is 3.37. The Morgan fingerprint density at radius 1 is 1.03 bits per heavy atom. The van der Waals surface area contributed by atoms with Gasteiger partial charge in [-0.25, -0.2) is 8.42 Å². The first-order valence-electron chi connectivity index (χ1n) is 9.46. The van der Waals surface area contributed by atoms with E-state index < -0.39 is 9.84 Å². The Bertz CT molecular complexity index is 962. The number of halogens is 1. The van der Waals surface area contributed by atoms with E-state index in [9.17, 15) is 18.0 Å². The fraction of sp³-hybridized carbons (Fsp3) is 0.333. The topological polar surface area (TPSA) is 83.6 Å². The molecule has 154 valence electrons. The molecular weight excluding hydrogens is 412 g/mol. The van der Waals surface area contributed by atoms with Gasteiger partial charge in [-0.1, -0.05) is 29.8 Å². The average Bonchev–Trinajstić information content (AvgIpc) is 3.08. The van der Waals surface area contributed by atoms with Gasteiger partial charge in [-0.15, -0.1) is 0 Å². The summed E-state index contributed by atoms with van der Waals surface area (Å²) in [4.78, 5) is 26.8. The van der Waals surface area contributed by atoms with Crippen LogP contribution in [0.1, 0.15) is 33.6 Å². The average molecular weight is 435 g/mol. The summed E-state index contributed by atoms with van der Waals surface area (Å²) in [5, 5.41) is 3.36. The summed E-state index contributed by atoms with van der Waals surface area (Å²) in [5.41, 5.74) is 1.04. The van der Waals surface area contributed by atoms with Crippen molar-refractivity contribution >= 4 is 33.3 Å². The molecule has 1 N–H and O–H groups in total. The second-order valence-electron chi connectivity index (χ2n) is 7.04. The lowest BCUT2D eigenvalue weighted by Gasteiger charge is -2.28. The van der Waals surface area contributed by atoms with Crippen LogP contribution in [0.5, 0.6) is 0 Å². The highest BCUT2D eigenvalue weighted by molar-refractivity contribution is 7.91. The standard InChI is InChI=1S/C21H23ClN2O4S/c22-18-9-7-17(8-10-18)21(26)24(19-11-14-29(27,28)15-19)13-4-12-23-20(25)16-5-2-1-3-6-16/h1-3,5-10,19H,4,11-15H2,(H,23,25). The summed E-state index contributed by atoms with van der Waals surface area (Å²) in [6.45, 7) is 0.744. The summed E-state index contributed by atoms with van der Waals surface area (Å²) < 4.78 is 23.8. The van der Waals surface area contributed by atoms with Gasteiger partial charge in [-0.3, -0.25) is 9.59 Å². The van der Waals surface area contributed by atoms with E-state index in [1.54, 1.807) is 53.4 Å². The SMILES string of the molecule is O=C(NCCCN(C(=O)c1ccc(Cl)cc1)C1CCS(=O)(=O)C1)c1ccccc1. The highest BCUT2D eigenvalue weighted by Gasteiger charge is 2.34. The van der Waals surface area contributed by atoms with Crippen molar-refractivity contribution in [3.05, 3.63) is 70.7 Å². The molecule has 2 aromatic carbocycles. The zero-order valence-electron chi connectivity index (χ0n) is 15.9. The van der Waals surface area contributed by atoms with Gasteiger partial charge in [-0.05, 0) is 49.2 Å². The van der Waals surface area contributed by atoms with Gasteiger partial charge in [-0.2, -0.15) is 0 Å². The van der Waals surface area contributed by atoms with Crippen molar-refractivity contribution in [3.8, 4) is 0 Å². The molecule has 0 aromatic heterocycles. The first-order chi connectivity index (χ1) is 13.9. The smallest absolute Gasteiger partial charge is 0.254 e. The number of amides is 2. The number of nitrogens with zero attached hydrogens (tertiary/aromatic N) is 1. The number of sulfone groups is 1. The molecule has 1 saturated heterocycles. The Kier molecular flexibility index (Phi) is 6.92. The van der Waals surface area contributed by atoms with Crippen LogP contribution in [0.2, 0.25) is 5.02 Å². The lowest BCUT2D eigenvalue weighted by Crippen LogP contribution is -2.42. The number of benzene rings is 2. The van der Waals surface area contributed by atoms with Gasteiger partial charge in [0.05, 0.1) is 11.5 Å². The summed E-state index contributed by atoms with van der Waals surface area (Å²) in [6.07, 6.45) is 0.951. The maximum atomic E-state index is 13.0. The molecule has 0 bridgehead atoms. The number of nitrogens with one attached hydrogen (secondary N) is 1. The Morgan fingerprint density at radius 2 is 1.72 bits per heavy atom. The van der Waals surface area contributed by atoms with Crippen LogP contribution in [-0.2, 0) is 9.84 Å². The normalized spacial score (nSPS) is 17.6. The molecular formula is C21H23ClN2O4S. The maximum Gasteiger partial charge on any atom is 0.254 e. The van der Waals surface area contributed by atoms with E-state index in [0.29, 0.717) is 42.1 Å². The minimum atomic E-state index is -3.13. The molecule has 1 aliphatic heterocycles. The van der Waals surface area contributed by atoms with Crippen LogP contribution in [0.25, 0.3) is 0 Å². The molecule has 0 radical (unpaired) electrons. The van der Waals surface area contributed by atoms with Crippen LogP contribution in [-0.4, -0.2) is 55.8 Å². The Hall–Kier alpha value is -2.38. The Balaban J connectivity index is 1.63. The second kappa shape index (κ2) is 9.41. The van der Waals surface area contributed by atoms with Crippen molar-refractivity contribution in [1.82, 2.24) is 10.2 Å². The molecule has 1 fully saturated rings. The van der Waals surface area contributed by atoms with Crippen LogP contribution in [0.15, 0.2) is 54.6 Å². The van der Waals surface area contributed by atoms with Crippen LogP contribution < -0.4 is 5.32 Å². The van der Waals surface area contributed by atoms with E-state index in [0.717, 1.165) is 0 Å². The van der Waals surface area contributed by atoms with Crippen molar-refractivity contribution in [3.63, 3.8) is 0 Å². The zero-order valence-corrected chi connectivity index (χ0v) is 17.5. The van der Waals surface area contributed by atoms with Crippen molar-refractivity contribution < 1.29 is 18.0 Å². The van der Waals surface area contributed by atoms with Crippen molar-refractivity contribution in [2.45, 2.75) is 18.9 Å². The maximum absolute atomic E-state index is 13.0. The molecule has 3 rings (SSSR count). The summed E-state index contributed by atoms with van der Waals surface area (Å²) in [5.74, 6) is -0.335. The van der Waals surface area contributed by atoms with Gasteiger partial charge < -0.3 is 10.2 Å². The minimum absolute atomic E-state index is 0.0251. The second-order valence-corrected chi connectivity index (χ2v) is 9.70. The molecule has 0 saturated carbocycles. The van der Waals surface area contributed by atoms with Gasteiger partial charge >= 0.3 is 0 Å². The molecule has 29 heavy (non-hydrogen) atoms. The molecule has 1 heterocycles. The molecule has 0 aliphatic carbocycles. The molecule has 2 amide bonds. The Morgan fingerprint density at radius 3 is 2.34 bits per heavy atom. The lowest BCUT2D eigenvalue weighted by molar-refractivity contribution is 0.0694. The van der Waals surface area contributed by atoms with Gasteiger partial charge in [0.1, 0.15) is 0 Å². The fourth-order valence-corrected chi connectivity index (χ4v) is 5.23. The zero-order chi connectivity index (χ0) is 20.9. The molecule has 1 atom stereocenters. The predicted molar refractivity (Wildman–Crippen MR) is 113 cm³/mol. The third kappa shape index (κ3) is 5.81. The van der Waals surface area contributed by atoms with E-state index in [-0.39, 0.29) is 29.4 Å². The number of hydrogen-bond acceptors (Lipinski definition) is 4. The summed E-state index contributed by atoms with van der Waals surface area (Å²) in [6, 6.07) is 15.1. The van der Waals surface area contributed by atoms with Gasteiger partial charge in [0.15, 0.2) is 9.84 Å². The van der Waals surface area contributed by atoms with E-state index in [1.165, 1.54) is 0 Å². The first kappa shape index (κ1) is 21.3. The highest BCUT2D eigenvalue weighted by Crippen LogP contribution is 2.21. The van der Waals surface area contributed by atoms with Crippen molar-refractivity contribution in [1.29, 1.82) is 0 Å². The van der Waals surface area contributed by atoms with Gasteiger partial charge in [0, 0.05) is 35.3 Å². The van der Waals surface area contributed by atoms with Crippen LogP contribution >= 0.6 is 11.6 Å². The predicted octanol–water partition coefficient (Wildman–Crippen LogP) is 2.79. The third-order valence-corrected chi connectivity index (χ3v) is 6.90. The summed E-state index contributed by atoms with van der Waals surface area (Å²) >= 11 is 5.90. The van der Waals surface area contributed by atoms with Gasteiger partial charge in [0.25, 0.3) is 11.8 Å². The van der Waals surface area contributed by atoms with Crippen molar-refractivity contribution in [2.24, 2.45) is 0 Å². The third-order valence-electron chi connectivity index (χ3n) is 4.90. The van der Waals surface area contributed by atoms with E-state index in [2.05, 4.69) is 5.32 Å². The number of rotatable bonds is 7. The number of hydrogen-bond donors (Lipinski definition) is 1. The molecule has 1 aliphatic rings. The number of carbonyl (C=O) groups excluding carboxylic acids is 2. The highest BCUT2D eigenvalue weighted by atomic mass is 35.5. The minimum Gasteiger partial charge on any atom is -0.352 e. The molecule has 2 aromatic rings. The quantitative estimate of drug-likeness (QED) is 0.679. The first-order valence-corrected chi connectivity index (χ1v) is 11.7. The van der Waals surface area contributed by atoms with Crippen molar-refractivity contribution in [2.75, 3.05) is 24.6 Å². The van der Waals surface area contributed by atoms with E-state index in [1.807, 2.05) is 6.07 Å². The molecule has 6 nitrogen and oxygen atoms in total. The number of carbonyl (C=O) groups is 2. The largest absolute Gasteiger partial charge is 0.352 e. The van der Waals surface area contributed by atoms with Crippen LogP contribution in [0.3, 0.4) is 0 Å². The van der Waals surface area contributed by atoms with Gasteiger partial charge in [0.2, 0.25) is 0 Å².